The monoisotopic (exact) mass is 234 g/mol. The second kappa shape index (κ2) is 4.54. The van der Waals surface area contributed by atoms with Crippen LogP contribution < -0.4 is 5.73 Å². The van der Waals surface area contributed by atoms with E-state index in [9.17, 15) is 0 Å². The summed E-state index contributed by atoms with van der Waals surface area (Å²) < 4.78 is 5.29. The van der Waals surface area contributed by atoms with E-state index in [1.165, 1.54) is 0 Å². The number of ether oxygens (including phenoxy) is 1. The molecule has 0 saturated heterocycles. The quantitative estimate of drug-likeness (QED) is 0.800. The number of aliphatic imine (C=N–C) groups is 1. The average Bonchev–Trinajstić information content (AvgIpc) is 2.29. The summed E-state index contributed by atoms with van der Waals surface area (Å²) in [6.07, 6.45) is 0. The molecule has 16 heavy (non-hydrogen) atoms. The Morgan fingerprint density at radius 2 is 2.06 bits per heavy atom. The van der Waals surface area contributed by atoms with E-state index in [2.05, 4.69) is 10.7 Å². The lowest BCUT2D eigenvalue weighted by atomic mass is 10.1. The van der Waals surface area contributed by atoms with Gasteiger partial charge in [-0.05, 0) is 12.1 Å². The molecule has 0 amide bonds. The highest BCUT2D eigenvalue weighted by Gasteiger charge is 2.09. The van der Waals surface area contributed by atoms with Gasteiger partial charge in [0.05, 0.1) is 6.54 Å². The fourth-order valence-electron chi connectivity index (χ4n) is 1.38. The SMILES string of the molecule is CC1=C=C(c2ccc(Cl)cc2)N=C(CN)O1. The summed E-state index contributed by atoms with van der Waals surface area (Å²) in [5.74, 6) is 1.17. The van der Waals surface area contributed by atoms with Crippen LogP contribution in [0.2, 0.25) is 5.02 Å². The first-order valence-electron chi connectivity index (χ1n) is 4.88. The lowest BCUT2D eigenvalue weighted by Gasteiger charge is -2.11. The molecular formula is C12H11ClN2O. The van der Waals surface area contributed by atoms with E-state index in [0.717, 1.165) is 11.3 Å². The smallest absolute Gasteiger partial charge is 0.210 e. The number of halogens is 1. The summed E-state index contributed by atoms with van der Waals surface area (Å²) in [4.78, 5) is 4.26. The Labute approximate surface area is 98.9 Å². The Morgan fingerprint density at radius 1 is 1.38 bits per heavy atom. The van der Waals surface area contributed by atoms with Crippen molar-refractivity contribution in [2.45, 2.75) is 6.92 Å². The number of nitrogens with zero attached hydrogens (tertiary/aromatic N) is 1. The highest BCUT2D eigenvalue weighted by Crippen LogP contribution is 2.21. The van der Waals surface area contributed by atoms with E-state index >= 15 is 0 Å². The topological polar surface area (TPSA) is 47.6 Å². The Kier molecular flexibility index (Phi) is 3.11. The standard InChI is InChI=1S/C12H11ClN2O/c1-8-6-11(15-12(7-14)16-8)9-2-4-10(13)5-3-9/h2-5H,7,14H2,1H3. The summed E-state index contributed by atoms with van der Waals surface area (Å²) in [5, 5.41) is 0.695. The van der Waals surface area contributed by atoms with Crippen molar-refractivity contribution in [3.05, 3.63) is 46.3 Å². The summed E-state index contributed by atoms with van der Waals surface area (Å²) in [7, 11) is 0. The molecule has 4 heteroatoms. The Balaban J connectivity index is 2.43. The maximum atomic E-state index is 5.82. The minimum Gasteiger partial charge on any atom is -0.438 e. The molecule has 1 aromatic rings. The van der Waals surface area contributed by atoms with Gasteiger partial charge in [0.25, 0.3) is 0 Å². The maximum absolute atomic E-state index is 5.82. The molecule has 1 aliphatic rings. The average molecular weight is 235 g/mol. The number of allylic oxidation sites excluding steroid dienone is 1. The molecule has 1 heterocycles. The van der Waals surface area contributed by atoms with Gasteiger partial charge < -0.3 is 10.5 Å². The van der Waals surface area contributed by atoms with Gasteiger partial charge in [0, 0.05) is 17.5 Å². The van der Waals surface area contributed by atoms with Crippen LogP contribution in [0, 0.1) is 0 Å². The Morgan fingerprint density at radius 3 is 2.69 bits per heavy atom. The lowest BCUT2D eigenvalue weighted by molar-refractivity contribution is 0.408. The predicted octanol–water partition coefficient (Wildman–Crippen LogP) is 2.57. The predicted molar refractivity (Wildman–Crippen MR) is 65.1 cm³/mol. The zero-order chi connectivity index (χ0) is 11.5. The molecule has 0 bridgehead atoms. The molecule has 0 aromatic heterocycles. The van der Waals surface area contributed by atoms with Crippen LogP contribution in [0.1, 0.15) is 12.5 Å². The zero-order valence-corrected chi connectivity index (χ0v) is 9.58. The van der Waals surface area contributed by atoms with E-state index in [0.29, 0.717) is 16.7 Å². The van der Waals surface area contributed by atoms with E-state index in [-0.39, 0.29) is 6.54 Å². The number of hydrogen-bond donors (Lipinski definition) is 1. The van der Waals surface area contributed by atoms with Gasteiger partial charge in [-0.25, -0.2) is 4.99 Å². The zero-order valence-electron chi connectivity index (χ0n) is 8.83. The normalized spacial score (nSPS) is 14.8. The molecule has 0 fully saturated rings. The molecule has 1 aliphatic heterocycles. The molecule has 0 unspecified atom stereocenters. The first-order valence-corrected chi connectivity index (χ1v) is 5.26. The molecule has 2 N–H and O–H groups in total. The van der Waals surface area contributed by atoms with Crippen LogP contribution in [-0.4, -0.2) is 12.4 Å². The summed E-state index contributed by atoms with van der Waals surface area (Å²) in [6, 6.07) is 7.41. The van der Waals surface area contributed by atoms with Gasteiger partial charge >= 0.3 is 0 Å². The van der Waals surface area contributed by atoms with Gasteiger partial charge in [-0.3, -0.25) is 0 Å². The molecule has 3 nitrogen and oxygen atoms in total. The molecule has 0 spiro atoms. The van der Waals surface area contributed by atoms with Crippen molar-refractivity contribution in [1.82, 2.24) is 0 Å². The van der Waals surface area contributed by atoms with Crippen LogP contribution in [0.3, 0.4) is 0 Å². The van der Waals surface area contributed by atoms with Crippen molar-refractivity contribution in [3.8, 4) is 0 Å². The summed E-state index contributed by atoms with van der Waals surface area (Å²) >= 11 is 5.82. The largest absolute Gasteiger partial charge is 0.438 e. The fraction of sp³-hybridized carbons (Fsp3) is 0.167. The second-order valence-corrected chi connectivity index (χ2v) is 3.78. The molecule has 0 aliphatic carbocycles. The fourth-order valence-corrected chi connectivity index (χ4v) is 1.50. The van der Waals surface area contributed by atoms with E-state index in [1.54, 1.807) is 0 Å². The summed E-state index contributed by atoms with van der Waals surface area (Å²) in [5.41, 5.74) is 10.2. The summed E-state index contributed by atoms with van der Waals surface area (Å²) in [6.45, 7) is 2.09. The number of hydrogen-bond acceptors (Lipinski definition) is 3. The van der Waals surface area contributed by atoms with E-state index in [1.807, 2.05) is 31.2 Å². The maximum Gasteiger partial charge on any atom is 0.210 e. The van der Waals surface area contributed by atoms with Gasteiger partial charge in [0.2, 0.25) is 5.90 Å². The molecule has 0 saturated carbocycles. The van der Waals surface area contributed by atoms with Crippen molar-refractivity contribution < 1.29 is 4.74 Å². The first kappa shape index (κ1) is 11.0. The van der Waals surface area contributed by atoms with Crippen molar-refractivity contribution >= 4 is 23.2 Å². The third kappa shape index (κ3) is 2.34. The molecule has 2 rings (SSSR count). The molecule has 0 atom stereocenters. The van der Waals surface area contributed by atoms with Gasteiger partial charge in [0.15, 0.2) is 0 Å². The van der Waals surface area contributed by atoms with Crippen molar-refractivity contribution in [2.75, 3.05) is 6.54 Å². The van der Waals surface area contributed by atoms with Gasteiger partial charge in [-0.2, -0.15) is 0 Å². The van der Waals surface area contributed by atoms with E-state index < -0.39 is 0 Å². The number of rotatable bonds is 2. The molecule has 0 radical (unpaired) electrons. The molecule has 1 aromatic carbocycles. The van der Waals surface area contributed by atoms with Crippen molar-refractivity contribution in [1.29, 1.82) is 0 Å². The Bertz CT molecular complexity index is 496. The third-order valence-electron chi connectivity index (χ3n) is 2.09. The van der Waals surface area contributed by atoms with Crippen LogP contribution in [-0.2, 0) is 4.74 Å². The Hall–Kier alpha value is -1.54. The van der Waals surface area contributed by atoms with Crippen LogP contribution >= 0.6 is 11.6 Å². The third-order valence-corrected chi connectivity index (χ3v) is 2.35. The van der Waals surface area contributed by atoms with Crippen molar-refractivity contribution in [3.63, 3.8) is 0 Å². The minimum absolute atomic E-state index is 0.274. The van der Waals surface area contributed by atoms with Gasteiger partial charge in [0.1, 0.15) is 11.5 Å². The van der Waals surface area contributed by atoms with Crippen LogP contribution in [0.4, 0.5) is 0 Å². The van der Waals surface area contributed by atoms with Crippen LogP contribution in [0.25, 0.3) is 5.70 Å². The van der Waals surface area contributed by atoms with Crippen LogP contribution in [0.15, 0.2) is 40.7 Å². The van der Waals surface area contributed by atoms with Crippen LogP contribution in [0.5, 0.6) is 0 Å². The highest BCUT2D eigenvalue weighted by molar-refractivity contribution is 6.30. The van der Waals surface area contributed by atoms with E-state index in [4.69, 9.17) is 22.1 Å². The van der Waals surface area contributed by atoms with Crippen molar-refractivity contribution in [2.24, 2.45) is 10.7 Å². The molecule has 82 valence electrons. The van der Waals surface area contributed by atoms with Gasteiger partial charge in [-0.15, -0.1) is 0 Å². The minimum atomic E-state index is 0.274. The number of nitrogens with two attached hydrogens (primary N) is 1. The van der Waals surface area contributed by atoms with Gasteiger partial charge in [-0.1, -0.05) is 29.5 Å². The second-order valence-electron chi connectivity index (χ2n) is 3.35. The highest BCUT2D eigenvalue weighted by atomic mass is 35.5. The number of benzene rings is 1. The molecular weight excluding hydrogens is 224 g/mol. The lowest BCUT2D eigenvalue weighted by Crippen LogP contribution is -2.18. The first-order chi connectivity index (χ1) is 7.69.